The first-order valence-electron chi connectivity index (χ1n) is 9.72. The molecule has 2 aromatic heterocycles. The Labute approximate surface area is 189 Å². The maximum absolute atomic E-state index is 12.3. The first kappa shape index (κ1) is 21.1. The summed E-state index contributed by atoms with van der Waals surface area (Å²) in [7, 11) is 0. The topological polar surface area (TPSA) is 72.7 Å². The number of thioether (sulfide) groups is 1. The molecule has 0 bridgehead atoms. The van der Waals surface area contributed by atoms with Crippen LogP contribution in [0, 0.1) is 6.92 Å². The maximum Gasteiger partial charge on any atom is 0.225 e. The van der Waals surface area contributed by atoms with Crippen molar-refractivity contribution in [3.63, 3.8) is 0 Å². The standard InChI is InChI=1S/C23H20ClN5OS/c1-16-19(24)8-5-9-20(16)29-22(17-10-13-25-14-11-17)27-28-23(29)31-15-12-21(30)26-18-6-3-2-4-7-18/h2-11,13-14H,12,15H2,1H3,(H,26,30). The summed E-state index contributed by atoms with van der Waals surface area (Å²) in [5.74, 6) is 1.22. The number of hydrogen-bond acceptors (Lipinski definition) is 5. The molecule has 2 heterocycles. The van der Waals surface area contributed by atoms with Crippen molar-refractivity contribution in [1.82, 2.24) is 19.7 Å². The number of halogens is 1. The third-order valence-corrected chi connectivity index (χ3v) is 6.01. The minimum Gasteiger partial charge on any atom is -0.326 e. The summed E-state index contributed by atoms with van der Waals surface area (Å²) in [6.07, 6.45) is 3.80. The number of aromatic nitrogens is 4. The molecule has 0 aliphatic carbocycles. The van der Waals surface area contributed by atoms with Crippen LogP contribution < -0.4 is 5.32 Å². The third kappa shape index (κ3) is 4.95. The molecule has 0 aliphatic rings. The van der Waals surface area contributed by atoms with Crippen LogP contribution in [-0.4, -0.2) is 31.4 Å². The van der Waals surface area contributed by atoms with Crippen molar-refractivity contribution in [2.45, 2.75) is 18.5 Å². The summed E-state index contributed by atoms with van der Waals surface area (Å²) >= 11 is 7.86. The van der Waals surface area contributed by atoms with Gasteiger partial charge in [-0.15, -0.1) is 10.2 Å². The summed E-state index contributed by atoms with van der Waals surface area (Å²) in [6, 6.07) is 19.0. The number of pyridine rings is 1. The number of amides is 1. The molecule has 0 saturated heterocycles. The summed E-state index contributed by atoms with van der Waals surface area (Å²) in [5.41, 5.74) is 3.52. The minimum atomic E-state index is -0.0435. The molecule has 6 nitrogen and oxygen atoms in total. The van der Waals surface area contributed by atoms with Crippen molar-refractivity contribution in [3.8, 4) is 17.1 Å². The van der Waals surface area contributed by atoms with Crippen LogP contribution in [0.2, 0.25) is 5.02 Å². The second-order valence-electron chi connectivity index (χ2n) is 6.77. The zero-order chi connectivity index (χ0) is 21.6. The Bertz CT molecular complexity index is 1180. The predicted molar refractivity (Wildman–Crippen MR) is 125 cm³/mol. The number of rotatable bonds is 7. The van der Waals surface area contributed by atoms with Crippen molar-refractivity contribution in [3.05, 3.63) is 83.6 Å². The highest BCUT2D eigenvalue weighted by molar-refractivity contribution is 7.99. The number of para-hydroxylation sites is 1. The number of nitrogens with zero attached hydrogens (tertiary/aromatic N) is 4. The molecule has 1 N–H and O–H groups in total. The van der Waals surface area contributed by atoms with Crippen molar-refractivity contribution < 1.29 is 4.79 Å². The van der Waals surface area contributed by atoms with Gasteiger partial charge >= 0.3 is 0 Å². The Kier molecular flexibility index (Phi) is 6.64. The lowest BCUT2D eigenvalue weighted by atomic mass is 10.2. The molecule has 0 atom stereocenters. The van der Waals surface area contributed by atoms with E-state index < -0.39 is 0 Å². The van der Waals surface area contributed by atoms with Gasteiger partial charge in [0.25, 0.3) is 0 Å². The van der Waals surface area contributed by atoms with Crippen LogP contribution in [0.5, 0.6) is 0 Å². The van der Waals surface area contributed by atoms with Crippen molar-refractivity contribution in [1.29, 1.82) is 0 Å². The zero-order valence-electron chi connectivity index (χ0n) is 16.8. The molecule has 1 amide bonds. The van der Waals surface area contributed by atoms with Gasteiger partial charge in [0.05, 0.1) is 5.69 Å². The molecule has 4 aromatic rings. The average molecular weight is 450 g/mol. The lowest BCUT2D eigenvalue weighted by molar-refractivity contribution is -0.115. The van der Waals surface area contributed by atoms with Gasteiger partial charge in [-0.2, -0.15) is 0 Å². The number of hydrogen-bond donors (Lipinski definition) is 1. The number of anilines is 1. The molecule has 0 aliphatic heterocycles. The summed E-state index contributed by atoms with van der Waals surface area (Å²) in [5, 5.41) is 13.1. The molecule has 31 heavy (non-hydrogen) atoms. The molecular weight excluding hydrogens is 430 g/mol. The van der Waals surface area contributed by atoms with E-state index in [1.165, 1.54) is 11.8 Å². The van der Waals surface area contributed by atoms with Gasteiger partial charge in [0, 0.05) is 40.8 Å². The van der Waals surface area contributed by atoms with Gasteiger partial charge < -0.3 is 5.32 Å². The van der Waals surface area contributed by atoms with Gasteiger partial charge in [-0.1, -0.05) is 47.6 Å². The summed E-state index contributed by atoms with van der Waals surface area (Å²) < 4.78 is 1.98. The van der Waals surface area contributed by atoms with E-state index in [-0.39, 0.29) is 5.91 Å². The number of carbonyl (C=O) groups is 1. The maximum atomic E-state index is 12.3. The van der Waals surface area contributed by atoms with Crippen LogP contribution in [0.3, 0.4) is 0 Å². The molecule has 8 heteroatoms. The van der Waals surface area contributed by atoms with Gasteiger partial charge in [0.15, 0.2) is 11.0 Å². The van der Waals surface area contributed by atoms with E-state index in [9.17, 15) is 4.79 Å². The fourth-order valence-corrected chi connectivity index (χ4v) is 4.14. The van der Waals surface area contributed by atoms with E-state index in [4.69, 9.17) is 11.6 Å². The number of nitrogens with one attached hydrogen (secondary N) is 1. The fourth-order valence-electron chi connectivity index (χ4n) is 3.09. The van der Waals surface area contributed by atoms with Gasteiger partial charge in [-0.25, -0.2) is 0 Å². The van der Waals surface area contributed by atoms with E-state index >= 15 is 0 Å². The second-order valence-corrected chi connectivity index (χ2v) is 8.24. The zero-order valence-corrected chi connectivity index (χ0v) is 18.4. The van der Waals surface area contributed by atoms with Crippen molar-refractivity contribution in [2.75, 3.05) is 11.1 Å². The van der Waals surface area contributed by atoms with Crippen LogP contribution in [-0.2, 0) is 4.79 Å². The van der Waals surface area contributed by atoms with Crippen LogP contribution in [0.4, 0.5) is 5.69 Å². The molecule has 0 unspecified atom stereocenters. The first-order valence-corrected chi connectivity index (χ1v) is 11.1. The summed E-state index contributed by atoms with van der Waals surface area (Å²) in [6.45, 7) is 1.97. The van der Waals surface area contributed by atoms with Gasteiger partial charge in [-0.05, 0) is 48.9 Å². The van der Waals surface area contributed by atoms with Crippen LogP contribution in [0.25, 0.3) is 17.1 Å². The lowest BCUT2D eigenvalue weighted by Gasteiger charge is -2.14. The van der Waals surface area contributed by atoms with Gasteiger partial charge in [0.2, 0.25) is 5.91 Å². The largest absolute Gasteiger partial charge is 0.326 e. The molecular formula is C23H20ClN5OS. The highest BCUT2D eigenvalue weighted by atomic mass is 35.5. The normalized spacial score (nSPS) is 10.8. The van der Waals surface area contributed by atoms with E-state index in [0.29, 0.717) is 28.2 Å². The molecule has 2 aromatic carbocycles. The van der Waals surface area contributed by atoms with E-state index in [2.05, 4.69) is 20.5 Å². The number of carbonyl (C=O) groups excluding carboxylic acids is 1. The number of benzene rings is 2. The van der Waals surface area contributed by atoms with Crippen LogP contribution >= 0.6 is 23.4 Å². The Balaban J connectivity index is 1.57. The fraction of sp³-hybridized carbons (Fsp3) is 0.130. The molecule has 4 rings (SSSR count). The van der Waals surface area contributed by atoms with Gasteiger partial charge in [0.1, 0.15) is 0 Å². The first-order chi connectivity index (χ1) is 15.1. The second kappa shape index (κ2) is 9.76. The lowest BCUT2D eigenvalue weighted by Crippen LogP contribution is -2.12. The predicted octanol–water partition coefficient (Wildman–Crippen LogP) is 5.41. The van der Waals surface area contributed by atoms with Crippen molar-refractivity contribution in [2.24, 2.45) is 0 Å². The third-order valence-electron chi connectivity index (χ3n) is 4.67. The minimum absolute atomic E-state index is 0.0435. The van der Waals surface area contributed by atoms with Gasteiger partial charge in [-0.3, -0.25) is 14.3 Å². The monoisotopic (exact) mass is 449 g/mol. The Morgan fingerprint density at radius 3 is 2.58 bits per heavy atom. The molecule has 0 fully saturated rings. The van der Waals surface area contributed by atoms with E-state index in [0.717, 1.165) is 22.5 Å². The Morgan fingerprint density at radius 2 is 1.81 bits per heavy atom. The quantitative estimate of drug-likeness (QED) is 0.382. The van der Waals surface area contributed by atoms with Crippen molar-refractivity contribution >= 4 is 35.0 Å². The van der Waals surface area contributed by atoms with E-state index in [1.807, 2.05) is 72.2 Å². The Morgan fingerprint density at radius 1 is 1.03 bits per heavy atom. The molecule has 0 radical (unpaired) electrons. The summed E-state index contributed by atoms with van der Waals surface area (Å²) in [4.78, 5) is 16.4. The SMILES string of the molecule is Cc1c(Cl)cccc1-n1c(SCCC(=O)Nc2ccccc2)nnc1-c1ccncc1. The van der Waals surface area contributed by atoms with Crippen LogP contribution in [0.15, 0.2) is 78.2 Å². The average Bonchev–Trinajstić information content (AvgIpc) is 3.20. The smallest absolute Gasteiger partial charge is 0.225 e. The molecule has 0 spiro atoms. The van der Waals surface area contributed by atoms with Crippen LogP contribution in [0.1, 0.15) is 12.0 Å². The highest BCUT2D eigenvalue weighted by Crippen LogP contribution is 2.31. The highest BCUT2D eigenvalue weighted by Gasteiger charge is 2.18. The molecule has 0 saturated carbocycles. The Hall–Kier alpha value is -3.16. The van der Waals surface area contributed by atoms with E-state index in [1.54, 1.807) is 12.4 Å². The molecule has 156 valence electrons.